The van der Waals surface area contributed by atoms with Gasteiger partial charge in [0.05, 0.1) is 17.4 Å². The zero-order valence-electron chi connectivity index (χ0n) is 15.3. The van der Waals surface area contributed by atoms with E-state index < -0.39 is 5.97 Å². The van der Waals surface area contributed by atoms with Gasteiger partial charge in [-0.3, -0.25) is 14.2 Å². The molecule has 8 heteroatoms. The van der Waals surface area contributed by atoms with Gasteiger partial charge in [0.1, 0.15) is 23.0 Å². The van der Waals surface area contributed by atoms with Crippen LogP contribution in [0, 0.1) is 13.8 Å². The normalized spacial score (nSPS) is 11.1. The average Bonchev–Trinajstić information content (AvgIpc) is 3.28. The second kappa shape index (κ2) is 7.65. The summed E-state index contributed by atoms with van der Waals surface area (Å²) < 4.78 is 6.60. The van der Waals surface area contributed by atoms with E-state index in [-0.39, 0.29) is 18.7 Å². The van der Waals surface area contributed by atoms with Crippen LogP contribution in [-0.2, 0) is 22.7 Å². The number of hydrogen-bond donors (Lipinski definition) is 0. The molecule has 1 aromatic carbocycles. The van der Waals surface area contributed by atoms with Gasteiger partial charge in [0.2, 0.25) is 0 Å². The molecule has 4 rings (SSSR count). The number of carbonyl (C=O) groups is 1. The molecule has 0 bridgehead atoms. The Bertz CT molecular complexity index is 1210. The Morgan fingerprint density at radius 2 is 2.00 bits per heavy atom. The highest BCUT2D eigenvalue weighted by molar-refractivity contribution is 7.18. The minimum Gasteiger partial charge on any atom is -0.458 e. The number of thiazole rings is 1. The third-order valence-electron chi connectivity index (χ3n) is 4.41. The van der Waals surface area contributed by atoms with Crippen molar-refractivity contribution in [3.8, 4) is 10.6 Å². The van der Waals surface area contributed by atoms with Gasteiger partial charge in [-0.05, 0) is 19.4 Å². The summed E-state index contributed by atoms with van der Waals surface area (Å²) in [5.74, 6) is -0.498. The molecular weight excluding hydrogens is 394 g/mol. The number of aryl methyl sites for hydroxylation is 2. The number of aromatic nitrogens is 3. The Hall–Kier alpha value is -2.84. The fourth-order valence-electron chi connectivity index (χ4n) is 2.81. The Morgan fingerprint density at radius 1 is 1.21 bits per heavy atom. The third-order valence-corrected chi connectivity index (χ3v) is 6.46. The molecule has 0 radical (unpaired) electrons. The van der Waals surface area contributed by atoms with Gasteiger partial charge in [-0.1, -0.05) is 30.3 Å². The Morgan fingerprint density at radius 3 is 2.79 bits per heavy atom. The Labute approximate surface area is 169 Å². The lowest BCUT2D eigenvalue weighted by molar-refractivity contribution is -0.145. The summed E-state index contributed by atoms with van der Waals surface area (Å²) in [4.78, 5) is 35.4. The summed E-state index contributed by atoms with van der Waals surface area (Å²) in [7, 11) is 0. The molecule has 142 valence electrons. The first-order valence-electron chi connectivity index (χ1n) is 8.63. The van der Waals surface area contributed by atoms with Gasteiger partial charge < -0.3 is 4.74 Å². The minimum absolute atomic E-state index is 0.0726. The summed E-state index contributed by atoms with van der Waals surface area (Å²) in [5, 5.41) is 3.32. The van der Waals surface area contributed by atoms with Crippen LogP contribution in [0.4, 0.5) is 0 Å². The molecular formula is C20H17N3O3S2. The Kier molecular flexibility index (Phi) is 5.06. The molecule has 0 spiro atoms. The van der Waals surface area contributed by atoms with Gasteiger partial charge >= 0.3 is 5.97 Å². The number of ether oxygens (including phenoxy) is 1. The van der Waals surface area contributed by atoms with E-state index in [1.807, 2.05) is 49.6 Å². The summed E-state index contributed by atoms with van der Waals surface area (Å²) in [6.07, 6.45) is 1.40. The standard InChI is InChI=1S/C20H17N3O3S2/c1-12-13(2)28-19-17(12)20(25)23(11-21-19)8-16(24)26-9-15-10-27-18(22-15)14-6-4-3-5-7-14/h3-7,10-11H,8-9H2,1-2H3. The number of rotatable bonds is 5. The van der Waals surface area contributed by atoms with Crippen molar-refractivity contribution in [2.24, 2.45) is 0 Å². The van der Waals surface area contributed by atoms with E-state index in [0.717, 1.165) is 21.0 Å². The largest absolute Gasteiger partial charge is 0.458 e. The molecule has 0 fully saturated rings. The molecule has 28 heavy (non-hydrogen) atoms. The van der Waals surface area contributed by atoms with Gasteiger partial charge in [-0.25, -0.2) is 9.97 Å². The predicted octanol–water partition coefficient (Wildman–Crippen LogP) is 3.94. The maximum atomic E-state index is 12.6. The lowest BCUT2D eigenvalue weighted by atomic mass is 10.2. The highest BCUT2D eigenvalue weighted by Crippen LogP contribution is 2.25. The lowest BCUT2D eigenvalue weighted by Gasteiger charge is -2.06. The molecule has 0 saturated carbocycles. The molecule has 4 aromatic rings. The predicted molar refractivity (Wildman–Crippen MR) is 111 cm³/mol. The molecule has 0 N–H and O–H groups in total. The maximum absolute atomic E-state index is 12.6. The highest BCUT2D eigenvalue weighted by Gasteiger charge is 2.14. The minimum atomic E-state index is -0.498. The molecule has 0 aliphatic heterocycles. The lowest BCUT2D eigenvalue weighted by Crippen LogP contribution is -2.25. The van der Waals surface area contributed by atoms with E-state index >= 15 is 0 Å². The number of nitrogens with zero attached hydrogens (tertiary/aromatic N) is 3. The first-order chi connectivity index (χ1) is 13.5. The molecule has 3 aromatic heterocycles. The summed E-state index contributed by atoms with van der Waals surface area (Å²) in [6, 6.07) is 9.83. The number of hydrogen-bond acceptors (Lipinski definition) is 7. The second-order valence-electron chi connectivity index (χ2n) is 6.31. The van der Waals surface area contributed by atoms with Crippen LogP contribution in [0.15, 0.2) is 46.8 Å². The molecule has 0 aliphatic carbocycles. The van der Waals surface area contributed by atoms with Crippen LogP contribution >= 0.6 is 22.7 Å². The number of benzene rings is 1. The fraction of sp³-hybridized carbons (Fsp3) is 0.200. The second-order valence-corrected chi connectivity index (χ2v) is 8.37. The number of esters is 1. The van der Waals surface area contributed by atoms with E-state index in [2.05, 4.69) is 9.97 Å². The van der Waals surface area contributed by atoms with Gasteiger partial charge in [0.25, 0.3) is 5.56 Å². The van der Waals surface area contributed by atoms with Crippen molar-refractivity contribution in [2.45, 2.75) is 27.0 Å². The van der Waals surface area contributed by atoms with Crippen LogP contribution in [0.3, 0.4) is 0 Å². The molecule has 0 unspecified atom stereocenters. The topological polar surface area (TPSA) is 74.1 Å². The molecule has 0 atom stereocenters. The monoisotopic (exact) mass is 411 g/mol. The molecule has 6 nitrogen and oxygen atoms in total. The van der Waals surface area contributed by atoms with E-state index in [1.54, 1.807) is 0 Å². The van der Waals surface area contributed by atoms with E-state index in [9.17, 15) is 9.59 Å². The van der Waals surface area contributed by atoms with Crippen LogP contribution in [0.2, 0.25) is 0 Å². The van der Waals surface area contributed by atoms with Crippen LogP contribution in [0.1, 0.15) is 16.1 Å². The van der Waals surface area contributed by atoms with Gasteiger partial charge in [0, 0.05) is 15.8 Å². The van der Waals surface area contributed by atoms with Crippen LogP contribution in [0.25, 0.3) is 20.8 Å². The molecule has 0 aliphatic rings. The number of fused-ring (bicyclic) bond motifs is 1. The SMILES string of the molecule is Cc1sc2ncn(CC(=O)OCc3csc(-c4ccccc4)n3)c(=O)c2c1C. The quantitative estimate of drug-likeness (QED) is 0.465. The first-order valence-corrected chi connectivity index (χ1v) is 10.3. The van der Waals surface area contributed by atoms with Crippen molar-refractivity contribution in [2.75, 3.05) is 0 Å². The van der Waals surface area contributed by atoms with E-state index in [4.69, 9.17) is 4.74 Å². The van der Waals surface area contributed by atoms with Crippen molar-refractivity contribution in [1.82, 2.24) is 14.5 Å². The smallest absolute Gasteiger partial charge is 0.326 e. The number of thiophene rings is 1. The fourth-order valence-corrected chi connectivity index (χ4v) is 4.61. The zero-order chi connectivity index (χ0) is 19.7. The van der Waals surface area contributed by atoms with Crippen molar-refractivity contribution >= 4 is 38.9 Å². The van der Waals surface area contributed by atoms with Crippen molar-refractivity contribution in [3.63, 3.8) is 0 Å². The molecule has 0 amide bonds. The highest BCUT2D eigenvalue weighted by atomic mass is 32.1. The van der Waals surface area contributed by atoms with Crippen LogP contribution in [0.5, 0.6) is 0 Å². The van der Waals surface area contributed by atoms with Crippen molar-refractivity contribution in [3.05, 3.63) is 68.5 Å². The van der Waals surface area contributed by atoms with Crippen molar-refractivity contribution in [1.29, 1.82) is 0 Å². The first kappa shape index (κ1) is 18.5. The van der Waals surface area contributed by atoms with Gasteiger partial charge in [-0.2, -0.15) is 0 Å². The third kappa shape index (κ3) is 3.61. The molecule has 3 heterocycles. The van der Waals surface area contributed by atoms with Crippen molar-refractivity contribution < 1.29 is 9.53 Å². The van der Waals surface area contributed by atoms with Crippen LogP contribution < -0.4 is 5.56 Å². The summed E-state index contributed by atoms with van der Waals surface area (Å²) in [5.41, 5.74) is 2.40. The Balaban J connectivity index is 1.43. The zero-order valence-corrected chi connectivity index (χ0v) is 17.0. The summed E-state index contributed by atoms with van der Waals surface area (Å²) >= 11 is 2.98. The van der Waals surface area contributed by atoms with Gasteiger partial charge in [-0.15, -0.1) is 22.7 Å². The van der Waals surface area contributed by atoms with Crippen LogP contribution in [-0.4, -0.2) is 20.5 Å². The van der Waals surface area contributed by atoms with Gasteiger partial charge in [0.15, 0.2) is 0 Å². The maximum Gasteiger partial charge on any atom is 0.326 e. The van der Waals surface area contributed by atoms with E-state index in [0.29, 0.717) is 15.9 Å². The number of carbonyl (C=O) groups excluding carboxylic acids is 1. The van der Waals surface area contributed by atoms with E-state index in [1.165, 1.54) is 33.6 Å². The summed E-state index contributed by atoms with van der Waals surface area (Å²) in [6.45, 7) is 3.75. The molecule has 0 saturated heterocycles. The average molecular weight is 412 g/mol.